The van der Waals surface area contributed by atoms with Gasteiger partial charge in [-0.15, -0.1) is 0 Å². The third-order valence-electron chi connectivity index (χ3n) is 3.10. The summed E-state index contributed by atoms with van der Waals surface area (Å²) in [5.74, 6) is 0. The van der Waals surface area contributed by atoms with Crippen LogP contribution in [-0.4, -0.2) is 17.2 Å². The summed E-state index contributed by atoms with van der Waals surface area (Å²) in [5.41, 5.74) is 1.54. The largest absolute Gasteiger partial charge is 0.269 e. The third-order valence-corrected chi connectivity index (χ3v) is 3.66. The molecule has 23 heavy (non-hydrogen) atoms. The van der Waals surface area contributed by atoms with Crippen LogP contribution in [0.25, 0.3) is 0 Å². The van der Waals surface area contributed by atoms with E-state index in [1.54, 1.807) is 41.6 Å². The standard InChI is InChI=1S/C16H15Cl2N3O2/c1-11(2)20(14-5-7-15(8-6-14)21(22)23)19-10-12-3-4-13(17)9-16(12)18/h3-11H,1-2H3/b19-10-. The highest BCUT2D eigenvalue weighted by Gasteiger charge is 2.11. The van der Waals surface area contributed by atoms with Gasteiger partial charge in [-0.3, -0.25) is 15.1 Å². The number of hydrazone groups is 1. The number of rotatable bonds is 5. The van der Waals surface area contributed by atoms with Crippen molar-refractivity contribution in [2.24, 2.45) is 5.10 Å². The second-order valence-corrected chi connectivity index (χ2v) is 5.97. The van der Waals surface area contributed by atoms with Gasteiger partial charge in [-0.2, -0.15) is 5.10 Å². The molecule has 2 aromatic carbocycles. The highest BCUT2D eigenvalue weighted by atomic mass is 35.5. The van der Waals surface area contributed by atoms with Gasteiger partial charge >= 0.3 is 0 Å². The van der Waals surface area contributed by atoms with E-state index in [1.165, 1.54) is 12.1 Å². The SMILES string of the molecule is CC(C)N(/N=C\c1ccc(Cl)cc1Cl)c1ccc([N+](=O)[O-])cc1. The zero-order valence-electron chi connectivity index (χ0n) is 12.6. The second-order valence-electron chi connectivity index (χ2n) is 5.12. The maximum Gasteiger partial charge on any atom is 0.269 e. The Bertz CT molecular complexity index is 731. The lowest BCUT2D eigenvalue weighted by Crippen LogP contribution is -2.25. The van der Waals surface area contributed by atoms with E-state index in [0.717, 1.165) is 11.3 Å². The van der Waals surface area contributed by atoms with Crippen LogP contribution in [0.2, 0.25) is 10.0 Å². The van der Waals surface area contributed by atoms with Gasteiger partial charge in [0.25, 0.3) is 5.69 Å². The molecular weight excluding hydrogens is 337 g/mol. The zero-order chi connectivity index (χ0) is 17.0. The number of nitro benzene ring substituents is 1. The van der Waals surface area contributed by atoms with Crippen LogP contribution < -0.4 is 5.01 Å². The molecule has 0 aliphatic rings. The van der Waals surface area contributed by atoms with Gasteiger partial charge in [0.15, 0.2) is 0 Å². The predicted molar refractivity (Wildman–Crippen MR) is 94.8 cm³/mol. The Morgan fingerprint density at radius 2 is 1.83 bits per heavy atom. The Morgan fingerprint density at radius 1 is 1.17 bits per heavy atom. The van der Waals surface area contributed by atoms with Crippen LogP contribution in [0.15, 0.2) is 47.6 Å². The molecule has 0 bridgehead atoms. The summed E-state index contributed by atoms with van der Waals surface area (Å²) in [7, 11) is 0. The van der Waals surface area contributed by atoms with E-state index in [0.29, 0.717) is 10.0 Å². The van der Waals surface area contributed by atoms with Crippen LogP contribution in [0.3, 0.4) is 0 Å². The topological polar surface area (TPSA) is 58.7 Å². The second kappa shape index (κ2) is 7.44. The summed E-state index contributed by atoms with van der Waals surface area (Å²) in [4.78, 5) is 10.3. The van der Waals surface area contributed by atoms with Crippen LogP contribution in [-0.2, 0) is 0 Å². The van der Waals surface area contributed by atoms with Gasteiger partial charge in [0.2, 0.25) is 0 Å². The molecule has 0 heterocycles. The van der Waals surface area contributed by atoms with Crippen molar-refractivity contribution in [1.82, 2.24) is 0 Å². The molecule has 2 aromatic rings. The highest BCUT2D eigenvalue weighted by molar-refractivity contribution is 6.36. The Labute approximate surface area is 144 Å². The molecule has 0 aliphatic carbocycles. The summed E-state index contributed by atoms with van der Waals surface area (Å²) >= 11 is 12.0. The maximum absolute atomic E-state index is 10.7. The number of halogens is 2. The van der Waals surface area contributed by atoms with Crippen LogP contribution in [0.5, 0.6) is 0 Å². The molecule has 0 N–H and O–H groups in total. The monoisotopic (exact) mass is 351 g/mol. The molecule has 0 atom stereocenters. The molecule has 0 saturated carbocycles. The number of anilines is 1. The average molecular weight is 352 g/mol. The molecule has 2 rings (SSSR count). The fourth-order valence-electron chi connectivity index (χ4n) is 1.96. The predicted octanol–water partition coefficient (Wildman–Crippen LogP) is 5.15. The number of nitro groups is 1. The summed E-state index contributed by atoms with van der Waals surface area (Å²) in [6, 6.07) is 11.5. The van der Waals surface area contributed by atoms with Gasteiger partial charge in [-0.05, 0) is 38.1 Å². The molecule has 120 valence electrons. The van der Waals surface area contributed by atoms with Crippen molar-refractivity contribution < 1.29 is 4.92 Å². The molecule has 0 aromatic heterocycles. The Kier molecular flexibility index (Phi) is 5.58. The van der Waals surface area contributed by atoms with E-state index in [2.05, 4.69) is 5.10 Å². The number of hydrogen-bond donors (Lipinski definition) is 0. The number of hydrogen-bond acceptors (Lipinski definition) is 4. The van der Waals surface area contributed by atoms with Crippen molar-refractivity contribution >= 4 is 40.8 Å². The summed E-state index contributed by atoms with van der Waals surface area (Å²) in [6.45, 7) is 3.95. The van der Waals surface area contributed by atoms with Gasteiger partial charge in [0.05, 0.1) is 21.8 Å². The van der Waals surface area contributed by atoms with Gasteiger partial charge in [-0.1, -0.05) is 29.3 Å². The zero-order valence-corrected chi connectivity index (χ0v) is 14.1. The molecule has 0 saturated heterocycles. The first kappa shape index (κ1) is 17.2. The summed E-state index contributed by atoms with van der Waals surface area (Å²) in [5, 5.41) is 18.0. The highest BCUT2D eigenvalue weighted by Crippen LogP contribution is 2.23. The Hall–Kier alpha value is -2.11. The number of non-ortho nitro benzene ring substituents is 1. The van der Waals surface area contributed by atoms with Crippen LogP contribution in [0, 0.1) is 10.1 Å². The van der Waals surface area contributed by atoms with Crippen molar-refractivity contribution in [3.63, 3.8) is 0 Å². The van der Waals surface area contributed by atoms with E-state index in [1.807, 2.05) is 13.8 Å². The molecule has 0 spiro atoms. The molecule has 0 radical (unpaired) electrons. The van der Waals surface area contributed by atoms with E-state index in [4.69, 9.17) is 23.2 Å². The minimum Gasteiger partial charge on any atom is -0.263 e. The Morgan fingerprint density at radius 3 is 2.35 bits per heavy atom. The van der Waals surface area contributed by atoms with E-state index in [-0.39, 0.29) is 11.7 Å². The van der Waals surface area contributed by atoms with Gasteiger partial charge < -0.3 is 0 Å². The fourth-order valence-corrected chi connectivity index (χ4v) is 2.41. The minimum absolute atomic E-state index is 0.0437. The first-order valence-electron chi connectivity index (χ1n) is 6.91. The average Bonchev–Trinajstić information content (AvgIpc) is 2.49. The molecule has 0 fully saturated rings. The summed E-state index contributed by atoms with van der Waals surface area (Å²) in [6.07, 6.45) is 1.64. The van der Waals surface area contributed by atoms with Crippen molar-refractivity contribution in [2.75, 3.05) is 5.01 Å². The van der Waals surface area contributed by atoms with Crippen molar-refractivity contribution in [3.05, 3.63) is 68.2 Å². The van der Waals surface area contributed by atoms with Crippen LogP contribution >= 0.6 is 23.2 Å². The van der Waals surface area contributed by atoms with E-state index < -0.39 is 4.92 Å². The van der Waals surface area contributed by atoms with Crippen LogP contribution in [0.4, 0.5) is 11.4 Å². The van der Waals surface area contributed by atoms with Crippen molar-refractivity contribution in [3.8, 4) is 0 Å². The molecule has 0 unspecified atom stereocenters. The van der Waals surface area contributed by atoms with Gasteiger partial charge in [0, 0.05) is 28.8 Å². The van der Waals surface area contributed by atoms with E-state index in [9.17, 15) is 10.1 Å². The van der Waals surface area contributed by atoms with Gasteiger partial charge in [-0.25, -0.2) is 0 Å². The molecule has 7 heteroatoms. The first-order valence-corrected chi connectivity index (χ1v) is 7.67. The normalized spacial score (nSPS) is 11.2. The molecule has 5 nitrogen and oxygen atoms in total. The van der Waals surface area contributed by atoms with Crippen LogP contribution in [0.1, 0.15) is 19.4 Å². The lowest BCUT2D eigenvalue weighted by atomic mass is 10.2. The van der Waals surface area contributed by atoms with Gasteiger partial charge in [0.1, 0.15) is 0 Å². The van der Waals surface area contributed by atoms with E-state index >= 15 is 0 Å². The lowest BCUT2D eigenvalue weighted by molar-refractivity contribution is -0.384. The van der Waals surface area contributed by atoms with Crippen molar-refractivity contribution in [2.45, 2.75) is 19.9 Å². The molecule has 0 amide bonds. The molecular formula is C16H15Cl2N3O2. The quantitative estimate of drug-likeness (QED) is 0.425. The number of nitrogens with zero attached hydrogens (tertiary/aromatic N) is 3. The minimum atomic E-state index is -0.430. The Balaban J connectivity index is 2.28. The smallest absolute Gasteiger partial charge is 0.263 e. The lowest BCUT2D eigenvalue weighted by Gasteiger charge is -2.23. The maximum atomic E-state index is 10.7. The molecule has 0 aliphatic heterocycles. The summed E-state index contributed by atoms with van der Waals surface area (Å²) < 4.78 is 0. The fraction of sp³-hybridized carbons (Fsp3) is 0.188. The third kappa shape index (κ3) is 4.43. The number of benzene rings is 2. The van der Waals surface area contributed by atoms with Crippen molar-refractivity contribution in [1.29, 1.82) is 0 Å². The first-order chi connectivity index (χ1) is 10.9.